The van der Waals surface area contributed by atoms with Crippen molar-refractivity contribution >= 4 is 23.3 Å². The normalized spacial score (nSPS) is 16.6. The van der Waals surface area contributed by atoms with Crippen molar-refractivity contribution in [3.63, 3.8) is 0 Å². The molecule has 2 aromatic rings. The maximum absolute atomic E-state index is 13.2. The number of likely N-dealkylation sites (tertiary alicyclic amines) is 1. The highest BCUT2D eigenvalue weighted by atomic mass is 19.1. The molecule has 3 rings (SSSR count). The Kier molecular flexibility index (Phi) is 4.92. The van der Waals surface area contributed by atoms with Crippen molar-refractivity contribution < 1.29 is 18.4 Å². The molecule has 0 spiro atoms. The summed E-state index contributed by atoms with van der Waals surface area (Å²) < 4.78 is 26.4. The van der Waals surface area contributed by atoms with Crippen LogP contribution >= 0.6 is 0 Å². The van der Waals surface area contributed by atoms with Crippen molar-refractivity contribution in [3.05, 3.63) is 60.2 Å². The number of benzene rings is 2. The average molecular weight is 345 g/mol. The summed E-state index contributed by atoms with van der Waals surface area (Å²) in [6.07, 6.45) is 1.19. The van der Waals surface area contributed by atoms with Crippen LogP contribution in [0.4, 0.5) is 25.0 Å². The van der Waals surface area contributed by atoms with Gasteiger partial charge in [0.25, 0.3) is 0 Å². The van der Waals surface area contributed by atoms with Crippen LogP contribution in [0.5, 0.6) is 0 Å². The van der Waals surface area contributed by atoms with Crippen LogP contribution in [-0.4, -0.2) is 29.4 Å². The van der Waals surface area contributed by atoms with E-state index >= 15 is 0 Å². The van der Waals surface area contributed by atoms with Gasteiger partial charge in [0.1, 0.15) is 17.7 Å². The molecule has 0 aliphatic carbocycles. The number of hydrogen-bond donors (Lipinski definition) is 2. The molecule has 3 amide bonds. The molecule has 1 aliphatic rings. The van der Waals surface area contributed by atoms with Crippen molar-refractivity contribution in [3.8, 4) is 0 Å². The van der Waals surface area contributed by atoms with Crippen molar-refractivity contribution in [2.75, 3.05) is 17.2 Å². The first-order valence-electron chi connectivity index (χ1n) is 7.92. The Morgan fingerprint density at radius 3 is 2.16 bits per heavy atom. The Labute approximate surface area is 143 Å². The number of anilines is 2. The highest BCUT2D eigenvalue weighted by molar-refractivity contribution is 5.99. The van der Waals surface area contributed by atoms with Crippen LogP contribution in [0.3, 0.4) is 0 Å². The Hall–Kier alpha value is -2.96. The fourth-order valence-electron chi connectivity index (χ4n) is 2.84. The summed E-state index contributed by atoms with van der Waals surface area (Å²) in [7, 11) is 0. The van der Waals surface area contributed by atoms with Crippen molar-refractivity contribution in [2.45, 2.75) is 18.9 Å². The third-order valence-electron chi connectivity index (χ3n) is 3.98. The highest BCUT2D eigenvalue weighted by Gasteiger charge is 2.34. The Bertz CT molecular complexity index is 732. The molecule has 7 heteroatoms. The van der Waals surface area contributed by atoms with Crippen LogP contribution in [0.2, 0.25) is 0 Å². The molecule has 25 heavy (non-hydrogen) atoms. The monoisotopic (exact) mass is 345 g/mol. The van der Waals surface area contributed by atoms with E-state index in [1.165, 1.54) is 41.3 Å². The van der Waals surface area contributed by atoms with Crippen molar-refractivity contribution in [2.24, 2.45) is 0 Å². The van der Waals surface area contributed by atoms with Gasteiger partial charge in [0.15, 0.2) is 0 Å². The third kappa shape index (κ3) is 4.12. The Morgan fingerprint density at radius 2 is 1.56 bits per heavy atom. The number of carbonyl (C=O) groups is 2. The molecule has 2 N–H and O–H groups in total. The molecule has 5 nitrogen and oxygen atoms in total. The molecule has 1 aliphatic heterocycles. The van der Waals surface area contributed by atoms with Gasteiger partial charge in [-0.25, -0.2) is 13.6 Å². The smallest absolute Gasteiger partial charge is 0.322 e. The summed E-state index contributed by atoms with van der Waals surface area (Å²) in [5.74, 6) is -1.29. The quantitative estimate of drug-likeness (QED) is 0.893. The molecule has 0 unspecified atom stereocenters. The van der Waals surface area contributed by atoms with Crippen LogP contribution < -0.4 is 10.6 Å². The maximum atomic E-state index is 13.2. The molecule has 1 fully saturated rings. The number of halogens is 2. The van der Waals surface area contributed by atoms with Gasteiger partial charge < -0.3 is 15.5 Å². The zero-order valence-corrected chi connectivity index (χ0v) is 13.3. The number of rotatable bonds is 3. The molecule has 0 aromatic heterocycles. The summed E-state index contributed by atoms with van der Waals surface area (Å²) in [5, 5.41) is 5.21. The Balaban J connectivity index is 1.67. The second-order valence-corrected chi connectivity index (χ2v) is 5.79. The molecular formula is C18H17F2N3O2. The topological polar surface area (TPSA) is 61.4 Å². The molecule has 1 saturated heterocycles. The molecule has 0 saturated carbocycles. The summed E-state index contributed by atoms with van der Waals surface area (Å²) >= 11 is 0. The van der Waals surface area contributed by atoms with E-state index in [1.54, 1.807) is 12.1 Å². The first-order valence-corrected chi connectivity index (χ1v) is 7.92. The summed E-state index contributed by atoms with van der Waals surface area (Å²) in [6.45, 7) is 0.419. The molecule has 130 valence electrons. The lowest BCUT2D eigenvalue weighted by molar-refractivity contribution is -0.119. The van der Waals surface area contributed by atoms with Gasteiger partial charge in [-0.1, -0.05) is 12.1 Å². The fraction of sp³-hybridized carbons (Fsp3) is 0.222. The minimum Gasteiger partial charge on any atom is -0.324 e. The fourth-order valence-corrected chi connectivity index (χ4v) is 2.84. The Morgan fingerprint density at radius 1 is 0.960 bits per heavy atom. The van der Waals surface area contributed by atoms with E-state index in [1.807, 2.05) is 0 Å². The van der Waals surface area contributed by atoms with Gasteiger partial charge in [-0.3, -0.25) is 4.79 Å². The van der Waals surface area contributed by atoms with E-state index in [0.717, 1.165) is 0 Å². The number of amides is 3. The zero-order chi connectivity index (χ0) is 17.8. The zero-order valence-electron chi connectivity index (χ0n) is 13.3. The van der Waals surface area contributed by atoms with Gasteiger partial charge in [-0.2, -0.15) is 0 Å². The van der Waals surface area contributed by atoms with Crippen LogP contribution in [0.25, 0.3) is 0 Å². The SMILES string of the molecule is O=C(Nc1cccc(F)c1)[C@H]1CCCN1C(=O)Nc1cccc(F)c1. The van der Waals surface area contributed by atoms with Gasteiger partial charge in [-0.15, -0.1) is 0 Å². The lowest BCUT2D eigenvalue weighted by Gasteiger charge is -2.24. The van der Waals surface area contributed by atoms with Crippen molar-refractivity contribution in [1.29, 1.82) is 0 Å². The predicted octanol–water partition coefficient (Wildman–Crippen LogP) is 3.60. The van der Waals surface area contributed by atoms with Crippen LogP contribution in [0.15, 0.2) is 48.5 Å². The van der Waals surface area contributed by atoms with Gasteiger partial charge in [0, 0.05) is 17.9 Å². The standard InChI is InChI=1S/C18H17F2N3O2/c19-12-4-1-6-14(10-12)21-17(24)16-8-3-9-23(16)18(25)22-15-7-2-5-13(20)11-15/h1-2,4-7,10-11,16H,3,8-9H2,(H,21,24)(H,22,25)/t16-/m1/s1. The first kappa shape index (κ1) is 16.9. The van der Waals surface area contributed by atoms with E-state index in [2.05, 4.69) is 10.6 Å². The molecule has 1 heterocycles. The number of nitrogens with zero attached hydrogens (tertiary/aromatic N) is 1. The maximum Gasteiger partial charge on any atom is 0.322 e. The minimum atomic E-state index is -0.656. The average Bonchev–Trinajstić information content (AvgIpc) is 3.04. The van der Waals surface area contributed by atoms with Crippen LogP contribution in [0.1, 0.15) is 12.8 Å². The summed E-state index contributed by atoms with van der Waals surface area (Å²) in [4.78, 5) is 26.2. The molecule has 0 bridgehead atoms. The second kappa shape index (κ2) is 7.29. The van der Waals surface area contributed by atoms with Gasteiger partial charge in [-0.05, 0) is 49.2 Å². The van der Waals surface area contributed by atoms with E-state index in [0.29, 0.717) is 30.8 Å². The lowest BCUT2D eigenvalue weighted by atomic mass is 10.2. The molecule has 0 radical (unpaired) electrons. The summed E-state index contributed by atoms with van der Waals surface area (Å²) in [6, 6.07) is 9.98. The van der Waals surface area contributed by atoms with E-state index in [-0.39, 0.29) is 5.91 Å². The molecule has 1 atom stereocenters. The highest BCUT2D eigenvalue weighted by Crippen LogP contribution is 2.21. The van der Waals surface area contributed by atoms with Gasteiger partial charge in [0.2, 0.25) is 5.91 Å². The largest absolute Gasteiger partial charge is 0.324 e. The second-order valence-electron chi connectivity index (χ2n) is 5.79. The number of carbonyl (C=O) groups excluding carboxylic acids is 2. The number of urea groups is 1. The first-order chi connectivity index (χ1) is 12.0. The predicted molar refractivity (Wildman–Crippen MR) is 90.2 cm³/mol. The third-order valence-corrected chi connectivity index (χ3v) is 3.98. The number of nitrogens with one attached hydrogen (secondary N) is 2. The van der Waals surface area contributed by atoms with E-state index in [4.69, 9.17) is 0 Å². The van der Waals surface area contributed by atoms with Crippen molar-refractivity contribution in [1.82, 2.24) is 4.90 Å². The van der Waals surface area contributed by atoms with Gasteiger partial charge >= 0.3 is 6.03 Å². The molecular weight excluding hydrogens is 328 g/mol. The molecule has 2 aromatic carbocycles. The lowest BCUT2D eigenvalue weighted by Crippen LogP contribution is -2.45. The van der Waals surface area contributed by atoms with Crippen LogP contribution in [-0.2, 0) is 4.79 Å². The minimum absolute atomic E-state index is 0.321. The van der Waals surface area contributed by atoms with E-state index in [9.17, 15) is 18.4 Å². The number of hydrogen-bond acceptors (Lipinski definition) is 2. The van der Waals surface area contributed by atoms with Gasteiger partial charge in [0.05, 0.1) is 0 Å². The van der Waals surface area contributed by atoms with E-state index < -0.39 is 23.7 Å². The van der Waals surface area contributed by atoms with Crippen LogP contribution in [0, 0.1) is 11.6 Å². The summed E-state index contributed by atoms with van der Waals surface area (Å²) in [5.41, 5.74) is 0.656.